The zero-order valence-electron chi connectivity index (χ0n) is 15.4. The molecule has 8 nitrogen and oxygen atoms in total. The van der Waals surface area contributed by atoms with Crippen LogP contribution in [0.4, 0.5) is 5.82 Å². The number of nitrogens with two attached hydrogens (primary N) is 1. The smallest absolute Gasteiger partial charge is 0.254 e. The largest absolute Gasteiger partial charge is 0.382 e. The maximum atomic E-state index is 13.2. The Bertz CT molecular complexity index is 947. The molecule has 0 unspecified atom stereocenters. The maximum Gasteiger partial charge on any atom is 0.254 e. The number of nitrogen functional groups attached to an aromatic ring is 1. The molecule has 4 heterocycles. The minimum absolute atomic E-state index is 0.0732. The number of carbonyl (C=O) groups excluding carboxylic acids is 2. The molecule has 5 rings (SSSR count). The first kappa shape index (κ1) is 17.1. The third-order valence-corrected chi connectivity index (χ3v) is 5.95. The van der Waals surface area contributed by atoms with Gasteiger partial charge in [0.25, 0.3) is 5.91 Å². The van der Waals surface area contributed by atoms with Gasteiger partial charge in [-0.15, -0.1) is 0 Å². The molecule has 0 radical (unpaired) electrons. The van der Waals surface area contributed by atoms with Crippen molar-refractivity contribution in [2.45, 2.75) is 31.0 Å². The van der Waals surface area contributed by atoms with Crippen molar-refractivity contribution in [1.82, 2.24) is 19.8 Å². The van der Waals surface area contributed by atoms with E-state index in [0.29, 0.717) is 49.6 Å². The molecule has 8 heteroatoms. The molecule has 0 aliphatic carbocycles. The van der Waals surface area contributed by atoms with Gasteiger partial charge in [-0.1, -0.05) is 12.1 Å². The number of aromatic nitrogens is 2. The van der Waals surface area contributed by atoms with Crippen LogP contribution >= 0.6 is 0 Å². The van der Waals surface area contributed by atoms with Crippen molar-refractivity contribution in [2.75, 3.05) is 25.4 Å². The Kier molecular flexibility index (Phi) is 3.83. The second kappa shape index (κ2) is 6.27. The topological polar surface area (TPSA) is 102 Å². The summed E-state index contributed by atoms with van der Waals surface area (Å²) in [6.45, 7) is 1.95. The predicted octanol–water partition coefficient (Wildman–Crippen LogP) is 1.29. The maximum absolute atomic E-state index is 13.2. The molecule has 0 saturated carbocycles. The minimum atomic E-state index is -0.623. The van der Waals surface area contributed by atoms with Crippen LogP contribution < -0.4 is 5.73 Å². The van der Waals surface area contributed by atoms with Gasteiger partial charge in [0.05, 0.1) is 37.2 Å². The fourth-order valence-corrected chi connectivity index (χ4v) is 4.66. The van der Waals surface area contributed by atoms with E-state index in [9.17, 15) is 9.59 Å². The van der Waals surface area contributed by atoms with Crippen LogP contribution in [0.1, 0.15) is 29.6 Å². The van der Waals surface area contributed by atoms with Crippen molar-refractivity contribution in [3.8, 4) is 11.3 Å². The van der Waals surface area contributed by atoms with Gasteiger partial charge in [-0.25, -0.2) is 4.98 Å². The van der Waals surface area contributed by atoms with Crippen molar-refractivity contribution in [1.29, 1.82) is 0 Å². The third-order valence-electron chi connectivity index (χ3n) is 5.95. The summed E-state index contributed by atoms with van der Waals surface area (Å²) < 4.78 is 6.07. The number of ether oxygens (including phenoxy) is 1. The van der Waals surface area contributed by atoms with Gasteiger partial charge in [0.15, 0.2) is 5.72 Å². The Morgan fingerprint density at radius 1 is 1.21 bits per heavy atom. The second-order valence-corrected chi connectivity index (χ2v) is 7.47. The predicted molar refractivity (Wildman–Crippen MR) is 101 cm³/mol. The third kappa shape index (κ3) is 2.48. The Morgan fingerprint density at radius 3 is 2.82 bits per heavy atom. The number of anilines is 1. The number of carbonyl (C=O) groups is 2. The molecule has 3 saturated heterocycles. The van der Waals surface area contributed by atoms with Gasteiger partial charge in [0, 0.05) is 30.6 Å². The van der Waals surface area contributed by atoms with Crippen LogP contribution in [-0.2, 0) is 9.53 Å². The van der Waals surface area contributed by atoms with Crippen LogP contribution in [0.15, 0.2) is 36.7 Å². The molecule has 3 aliphatic rings. The molecular weight excluding hydrogens is 358 g/mol. The Hall–Kier alpha value is -3.00. The van der Waals surface area contributed by atoms with E-state index in [2.05, 4.69) is 9.97 Å². The zero-order valence-corrected chi connectivity index (χ0v) is 15.4. The highest BCUT2D eigenvalue weighted by Crippen LogP contribution is 2.45. The standard InChI is InChI=1S/C20H21N5O3/c21-17-12-22-11-15(23-17)13-2-4-14(5-3-13)19(27)24-8-6-20-16(24)10-18(26)25(20)7-1-9-28-20/h2-5,11-12,16H,1,6-10H2,(H2,21,23)/t16-,20+/m1/s1. The Labute approximate surface area is 162 Å². The lowest BCUT2D eigenvalue weighted by Crippen LogP contribution is -2.56. The fourth-order valence-electron chi connectivity index (χ4n) is 4.66. The van der Waals surface area contributed by atoms with E-state index in [4.69, 9.17) is 10.5 Å². The quantitative estimate of drug-likeness (QED) is 0.844. The first-order valence-electron chi connectivity index (χ1n) is 9.52. The summed E-state index contributed by atoms with van der Waals surface area (Å²) in [5.74, 6) is 0.358. The molecule has 2 amide bonds. The van der Waals surface area contributed by atoms with Crippen molar-refractivity contribution >= 4 is 17.6 Å². The van der Waals surface area contributed by atoms with Gasteiger partial charge in [-0.2, -0.15) is 0 Å². The summed E-state index contributed by atoms with van der Waals surface area (Å²) in [6.07, 6.45) is 4.98. The number of benzene rings is 1. The van der Waals surface area contributed by atoms with E-state index in [1.54, 1.807) is 23.2 Å². The summed E-state index contributed by atoms with van der Waals surface area (Å²) >= 11 is 0. The number of hydrogen-bond acceptors (Lipinski definition) is 6. The number of amides is 2. The highest BCUT2D eigenvalue weighted by atomic mass is 16.5. The summed E-state index contributed by atoms with van der Waals surface area (Å²) in [7, 11) is 0. The number of likely N-dealkylation sites (tertiary alicyclic amines) is 1. The molecule has 1 spiro atoms. The molecule has 2 N–H and O–H groups in total. The van der Waals surface area contributed by atoms with Gasteiger partial charge in [0.1, 0.15) is 5.82 Å². The van der Waals surface area contributed by atoms with Gasteiger partial charge >= 0.3 is 0 Å². The van der Waals surface area contributed by atoms with Crippen LogP contribution in [0.25, 0.3) is 11.3 Å². The van der Waals surface area contributed by atoms with E-state index >= 15 is 0 Å². The second-order valence-electron chi connectivity index (χ2n) is 7.47. The van der Waals surface area contributed by atoms with Crippen molar-refractivity contribution in [2.24, 2.45) is 0 Å². The van der Waals surface area contributed by atoms with Crippen LogP contribution in [0, 0.1) is 0 Å². The molecular formula is C20H21N5O3. The van der Waals surface area contributed by atoms with Crippen molar-refractivity contribution < 1.29 is 14.3 Å². The summed E-state index contributed by atoms with van der Waals surface area (Å²) in [4.78, 5) is 37.5. The van der Waals surface area contributed by atoms with E-state index in [1.165, 1.54) is 6.20 Å². The SMILES string of the molecule is Nc1cncc(-c2ccc(C(=O)N3CC[C@@]45OCCCN4C(=O)C[C@@H]35)cc2)n1. The number of hydrogen-bond donors (Lipinski definition) is 1. The Morgan fingerprint density at radius 2 is 2.04 bits per heavy atom. The van der Waals surface area contributed by atoms with Gasteiger partial charge < -0.3 is 20.3 Å². The number of nitrogens with zero attached hydrogens (tertiary/aromatic N) is 4. The summed E-state index contributed by atoms with van der Waals surface area (Å²) in [5.41, 5.74) is 7.15. The van der Waals surface area contributed by atoms with Crippen LogP contribution in [0.2, 0.25) is 0 Å². The summed E-state index contributed by atoms with van der Waals surface area (Å²) in [5, 5.41) is 0. The van der Waals surface area contributed by atoms with Gasteiger partial charge in [-0.3, -0.25) is 14.6 Å². The molecule has 2 atom stereocenters. The molecule has 0 bridgehead atoms. The lowest BCUT2D eigenvalue weighted by atomic mass is 10.0. The fraction of sp³-hybridized carbons (Fsp3) is 0.400. The van der Waals surface area contributed by atoms with Crippen LogP contribution in [0.3, 0.4) is 0 Å². The minimum Gasteiger partial charge on any atom is -0.382 e. The van der Waals surface area contributed by atoms with E-state index in [1.807, 2.05) is 17.0 Å². The highest BCUT2D eigenvalue weighted by molar-refractivity contribution is 5.96. The normalized spacial score (nSPS) is 26.3. The van der Waals surface area contributed by atoms with E-state index < -0.39 is 5.72 Å². The first-order valence-corrected chi connectivity index (χ1v) is 9.52. The lowest BCUT2D eigenvalue weighted by Gasteiger charge is -2.42. The monoisotopic (exact) mass is 379 g/mol. The van der Waals surface area contributed by atoms with Gasteiger partial charge in [0.2, 0.25) is 5.91 Å². The first-order chi connectivity index (χ1) is 13.6. The number of rotatable bonds is 2. The van der Waals surface area contributed by atoms with Crippen LogP contribution in [0.5, 0.6) is 0 Å². The average molecular weight is 379 g/mol. The van der Waals surface area contributed by atoms with Gasteiger partial charge in [-0.05, 0) is 18.6 Å². The summed E-state index contributed by atoms with van der Waals surface area (Å²) in [6, 6.07) is 7.03. The van der Waals surface area contributed by atoms with E-state index in [-0.39, 0.29) is 17.9 Å². The highest BCUT2D eigenvalue weighted by Gasteiger charge is 2.61. The molecule has 144 valence electrons. The van der Waals surface area contributed by atoms with Crippen molar-refractivity contribution in [3.05, 3.63) is 42.2 Å². The van der Waals surface area contributed by atoms with Crippen molar-refractivity contribution in [3.63, 3.8) is 0 Å². The Balaban J connectivity index is 1.39. The lowest BCUT2D eigenvalue weighted by molar-refractivity contribution is -0.179. The van der Waals surface area contributed by atoms with Crippen LogP contribution in [-0.4, -0.2) is 63.0 Å². The molecule has 3 fully saturated rings. The molecule has 1 aromatic heterocycles. The molecule has 1 aromatic carbocycles. The molecule has 28 heavy (non-hydrogen) atoms. The zero-order chi connectivity index (χ0) is 19.3. The molecule has 2 aromatic rings. The average Bonchev–Trinajstić information content (AvgIpc) is 3.20. The molecule has 3 aliphatic heterocycles. The van der Waals surface area contributed by atoms with E-state index in [0.717, 1.165) is 12.0 Å².